The third kappa shape index (κ3) is 5.11. The minimum absolute atomic E-state index is 0.0712. The summed E-state index contributed by atoms with van der Waals surface area (Å²) in [6, 6.07) is 8.65. The monoisotopic (exact) mass is 361 g/mol. The van der Waals surface area contributed by atoms with Crippen molar-refractivity contribution in [2.75, 3.05) is 26.2 Å². The molecule has 0 radical (unpaired) electrons. The van der Waals surface area contributed by atoms with Crippen LogP contribution in [0.2, 0.25) is 5.02 Å². The van der Waals surface area contributed by atoms with Crippen LogP contribution in [0.3, 0.4) is 0 Å². The summed E-state index contributed by atoms with van der Waals surface area (Å²) < 4.78 is 42.7. The summed E-state index contributed by atoms with van der Waals surface area (Å²) in [5.41, 5.74) is 0.711. The third-order valence-electron chi connectivity index (χ3n) is 3.67. The number of nitrogens with zero attached hydrogens (tertiary/aromatic N) is 2. The first-order valence-corrected chi connectivity index (χ1v) is 7.84. The molecule has 1 saturated heterocycles. The molecule has 1 heterocycles. The van der Waals surface area contributed by atoms with E-state index in [4.69, 9.17) is 16.3 Å². The summed E-state index contributed by atoms with van der Waals surface area (Å²) >= 11 is 6.17. The lowest BCUT2D eigenvalue weighted by Gasteiger charge is -2.16. The normalized spacial score (nSPS) is 21.2. The molecular weight excluding hydrogens is 345 g/mol. The van der Waals surface area contributed by atoms with Gasteiger partial charge in [-0.2, -0.15) is 13.2 Å². The molecule has 1 aromatic rings. The molecule has 130 valence electrons. The summed E-state index contributed by atoms with van der Waals surface area (Å²) in [7, 11) is 0. The molecule has 0 N–H and O–H groups in total. The van der Waals surface area contributed by atoms with Gasteiger partial charge in [0.2, 0.25) is 0 Å². The Hall–Kier alpha value is -1.78. The van der Waals surface area contributed by atoms with Crippen LogP contribution < -0.4 is 0 Å². The predicted octanol–water partition coefficient (Wildman–Crippen LogP) is 3.57. The zero-order chi connectivity index (χ0) is 17.7. The maximum absolute atomic E-state index is 12.7. The molecular formula is C16H17ClF3N2O2+. The standard InChI is InChI=1S/C16H17ClF3N2O2/c1-2-24-15(23)7-21-14-9-22(10-16(18,19)20)8-12(14)11-5-3-4-6-13(11)17/h3-6,12,14H,2,8-10H2,1H3/q+1/t12-,14?/m0/s1. The highest BCUT2D eigenvalue weighted by molar-refractivity contribution is 6.31. The van der Waals surface area contributed by atoms with Crippen molar-refractivity contribution in [3.8, 4) is 6.07 Å². The molecule has 0 aromatic heterocycles. The number of benzene rings is 1. The maximum atomic E-state index is 12.7. The number of ether oxygens (including phenoxy) is 1. The Bertz CT molecular complexity index is 655. The fourth-order valence-corrected chi connectivity index (χ4v) is 3.04. The quantitative estimate of drug-likeness (QED) is 0.609. The largest absolute Gasteiger partial charge is 0.459 e. The molecule has 2 atom stereocenters. The van der Waals surface area contributed by atoms with Crippen molar-refractivity contribution in [1.29, 1.82) is 0 Å². The van der Waals surface area contributed by atoms with E-state index in [9.17, 15) is 18.0 Å². The Kier molecular flexibility index (Phi) is 6.08. The fraction of sp³-hybridized carbons (Fsp3) is 0.500. The van der Waals surface area contributed by atoms with Crippen LogP contribution >= 0.6 is 11.6 Å². The van der Waals surface area contributed by atoms with E-state index in [1.54, 1.807) is 31.2 Å². The van der Waals surface area contributed by atoms with E-state index in [1.165, 1.54) is 4.90 Å². The van der Waals surface area contributed by atoms with Gasteiger partial charge < -0.3 is 4.74 Å². The van der Waals surface area contributed by atoms with Crippen molar-refractivity contribution >= 4 is 17.6 Å². The van der Waals surface area contributed by atoms with Crippen LogP contribution in [0.25, 0.3) is 4.85 Å². The van der Waals surface area contributed by atoms with Crippen molar-refractivity contribution in [3.05, 3.63) is 39.7 Å². The minimum Gasteiger partial charge on any atom is -0.452 e. The number of likely N-dealkylation sites (tertiary alicyclic amines) is 1. The van der Waals surface area contributed by atoms with Crippen LogP contribution in [0.5, 0.6) is 0 Å². The molecule has 0 amide bonds. The second kappa shape index (κ2) is 7.86. The Morgan fingerprint density at radius 2 is 2.12 bits per heavy atom. The van der Waals surface area contributed by atoms with E-state index in [2.05, 4.69) is 10.9 Å². The Morgan fingerprint density at radius 3 is 2.75 bits per heavy atom. The number of esters is 1. The van der Waals surface area contributed by atoms with Gasteiger partial charge >= 0.3 is 18.2 Å². The summed E-state index contributed by atoms with van der Waals surface area (Å²) in [6.45, 7) is 1.02. The number of hydrogen-bond donors (Lipinski definition) is 0. The molecule has 1 fully saturated rings. The molecule has 0 spiro atoms. The van der Waals surface area contributed by atoms with Crippen molar-refractivity contribution in [2.45, 2.75) is 25.1 Å². The molecule has 1 aliphatic rings. The number of halogens is 4. The van der Waals surface area contributed by atoms with E-state index in [1.807, 2.05) is 0 Å². The molecule has 1 aromatic carbocycles. The van der Waals surface area contributed by atoms with Crippen molar-refractivity contribution in [2.24, 2.45) is 0 Å². The number of alkyl halides is 3. The van der Waals surface area contributed by atoms with Gasteiger partial charge in [-0.1, -0.05) is 34.6 Å². The van der Waals surface area contributed by atoms with Crippen LogP contribution in [0.4, 0.5) is 13.2 Å². The SMILES string of the molecule is CCOC(=O)C#[N+]C1CN(CC(F)(F)F)C[C@H]1c1ccccc1Cl. The van der Waals surface area contributed by atoms with E-state index in [0.29, 0.717) is 10.6 Å². The topological polar surface area (TPSA) is 33.9 Å². The van der Waals surface area contributed by atoms with E-state index >= 15 is 0 Å². The van der Waals surface area contributed by atoms with Gasteiger partial charge in [0, 0.05) is 11.6 Å². The van der Waals surface area contributed by atoms with Gasteiger partial charge in [0.1, 0.15) is 0 Å². The summed E-state index contributed by atoms with van der Waals surface area (Å²) in [6.07, 6.45) is -4.30. The van der Waals surface area contributed by atoms with E-state index < -0.39 is 24.7 Å². The number of carbonyl (C=O) groups excluding carboxylic acids is 1. The number of hydrogen-bond acceptors (Lipinski definition) is 3. The second-order valence-corrected chi connectivity index (χ2v) is 5.87. The zero-order valence-electron chi connectivity index (χ0n) is 13.0. The molecule has 0 aliphatic carbocycles. The zero-order valence-corrected chi connectivity index (χ0v) is 13.8. The average molecular weight is 362 g/mol. The third-order valence-corrected chi connectivity index (χ3v) is 4.01. The van der Waals surface area contributed by atoms with Crippen molar-refractivity contribution in [1.82, 2.24) is 4.90 Å². The van der Waals surface area contributed by atoms with E-state index in [0.717, 1.165) is 0 Å². The minimum atomic E-state index is -4.30. The molecule has 4 nitrogen and oxygen atoms in total. The van der Waals surface area contributed by atoms with Crippen LogP contribution in [0.15, 0.2) is 24.3 Å². The Morgan fingerprint density at radius 1 is 1.42 bits per heavy atom. The molecule has 8 heteroatoms. The second-order valence-electron chi connectivity index (χ2n) is 5.47. The molecule has 2 rings (SSSR count). The highest BCUT2D eigenvalue weighted by Gasteiger charge is 2.45. The highest BCUT2D eigenvalue weighted by Crippen LogP contribution is 2.35. The molecule has 1 unspecified atom stereocenters. The van der Waals surface area contributed by atoms with Gasteiger partial charge in [-0.05, 0) is 18.6 Å². The number of carbonyl (C=O) groups is 1. The van der Waals surface area contributed by atoms with Crippen LogP contribution in [-0.2, 0) is 9.53 Å². The average Bonchev–Trinajstić information content (AvgIpc) is 2.86. The van der Waals surface area contributed by atoms with Crippen LogP contribution in [0, 0.1) is 6.07 Å². The van der Waals surface area contributed by atoms with Crippen molar-refractivity contribution < 1.29 is 22.7 Å². The van der Waals surface area contributed by atoms with Gasteiger partial charge in [-0.15, -0.1) is 0 Å². The lowest BCUT2D eigenvalue weighted by atomic mass is 9.95. The summed E-state index contributed by atoms with van der Waals surface area (Å²) in [4.78, 5) is 16.7. The molecule has 24 heavy (non-hydrogen) atoms. The highest BCUT2D eigenvalue weighted by atomic mass is 35.5. The van der Waals surface area contributed by atoms with Gasteiger partial charge in [0.15, 0.2) is 0 Å². The molecule has 0 bridgehead atoms. The van der Waals surface area contributed by atoms with Gasteiger partial charge in [0.05, 0.1) is 25.6 Å². The summed E-state index contributed by atoms with van der Waals surface area (Å²) in [5.74, 6) is -1.08. The molecule has 1 aliphatic heterocycles. The smallest absolute Gasteiger partial charge is 0.452 e. The summed E-state index contributed by atoms with van der Waals surface area (Å²) in [5, 5.41) is 0.465. The first-order chi connectivity index (χ1) is 11.3. The van der Waals surface area contributed by atoms with Crippen molar-refractivity contribution in [3.63, 3.8) is 0 Å². The first kappa shape index (κ1) is 18.6. The van der Waals surface area contributed by atoms with Crippen LogP contribution in [0.1, 0.15) is 18.4 Å². The van der Waals surface area contributed by atoms with Crippen LogP contribution in [-0.4, -0.2) is 49.3 Å². The van der Waals surface area contributed by atoms with Gasteiger partial charge in [0.25, 0.3) is 6.04 Å². The fourth-order valence-electron chi connectivity index (χ4n) is 2.76. The number of rotatable bonds is 3. The predicted molar refractivity (Wildman–Crippen MR) is 84.4 cm³/mol. The van der Waals surface area contributed by atoms with Gasteiger partial charge in [-0.3, -0.25) is 4.90 Å². The van der Waals surface area contributed by atoms with E-state index in [-0.39, 0.29) is 25.6 Å². The first-order valence-electron chi connectivity index (χ1n) is 7.46. The Labute approximate surface area is 143 Å². The maximum Gasteiger partial charge on any atom is 0.459 e. The Balaban J connectivity index is 2.23. The molecule has 0 saturated carbocycles. The van der Waals surface area contributed by atoms with Gasteiger partial charge in [-0.25, -0.2) is 4.79 Å². The lowest BCUT2D eigenvalue weighted by molar-refractivity contribution is -0.143. The lowest BCUT2D eigenvalue weighted by Crippen LogP contribution is -2.32.